The zero-order valence-corrected chi connectivity index (χ0v) is 13.8. The van der Waals surface area contributed by atoms with Crippen LogP contribution in [0.2, 0.25) is 0 Å². The molecule has 1 aromatic heterocycles. The molecule has 0 aromatic carbocycles. The van der Waals surface area contributed by atoms with Crippen LogP contribution >= 0.6 is 0 Å². The van der Waals surface area contributed by atoms with Gasteiger partial charge in [-0.15, -0.1) is 0 Å². The minimum Gasteiger partial charge on any atom is -0.337 e. The fourth-order valence-electron chi connectivity index (χ4n) is 4.01. The average Bonchev–Trinajstić information content (AvgIpc) is 3.25. The molecule has 3 rings (SSSR count). The van der Waals surface area contributed by atoms with Crippen LogP contribution in [-0.2, 0) is 17.5 Å². The van der Waals surface area contributed by atoms with E-state index in [1.54, 1.807) is 0 Å². The number of aromatic nitrogens is 2. The van der Waals surface area contributed by atoms with Crippen molar-refractivity contribution in [3.8, 4) is 0 Å². The van der Waals surface area contributed by atoms with Crippen LogP contribution in [-0.4, -0.2) is 57.2 Å². The molecule has 0 unspecified atom stereocenters. The van der Waals surface area contributed by atoms with Crippen molar-refractivity contribution in [3.05, 3.63) is 18.0 Å². The van der Waals surface area contributed by atoms with E-state index in [0.29, 0.717) is 12.6 Å². The standard InChI is InChI=1S/C16H23F3N4O/c1-2-21-8-3-5-12(21)13-6-4-9-23(13)15(24)11-22-10-7-14(20-22)16(17,18)19/h7,10,12-13H,2-6,8-9,11H2,1H3/t12-,13-/m1/s1. The van der Waals surface area contributed by atoms with Crippen LogP contribution in [0.5, 0.6) is 0 Å². The molecule has 0 aliphatic carbocycles. The van der Waals surface area contributed by atoms with Crippen molar-refractivity contribution >= 4 is 5.91 Å². The quantitative estimate of drug-likeness (QED) is 0.842. The lowest BCUT2D eigenvalue weighted by atomic mass is 10.0. The number of carbonyl (C=O) groups is 1. The van der Waals surface area contributed by atoms with E-state index in [1.165, 1.54) is 6.20 Å². The van der Waals surface area contributed by atoms with Gasteiger partial charge in [0.05, 0.1) is 0 Å². The fourth-order valence-corrected chi connectivity index (χ4v) is 4.01. The molecule has 0 bridgehead atoms. The molecule has 2 aliphatic rings. The number of hydrogen-bond acceptors (Lipinski definition) is 3. The first-order chi connectivity index (χ1) is 11.4. The Morgan fingerprint density at radius 2 is 1.96 bits per heavy atom. The Balaban J connectivity index is 1.66. The Morgan fingerprint density at radius 1 is 1.25 bits per heavy atom. The monoisotopic (exact) mass is 344 g/mol. The van der Waals surface area contributed by atoms with Crippen LogP contribution in [0.3, 0.4) is 0 Å². The third-order valence-corrected chi connectivity index (χ3v) is 5.11. The minimum atomic E-state index is -4.48. The van der Waals surface area contributed by atoms with Crippen molar-refractivity contribution in [3.63, 3.8) is 0 Å². The van der Waals surface area contributed by atoms with Crippen molar-refractivity contribution in [2.75, 3.05) is 19.6 Å². The Hall–Kier alpha value is -1.57. The van der Waals surface area contributed by atoms with Gasteiger partial charge in [0.15, 0.2) is 5.69 Å². The van der Waals surface area contributed by atoms with Gasteiger partial charge in [0.1, 0.15) is 6.54 Å². The summed E-state index contributed by atoms with van der Waals surface area (Å²) in [5.41, 5.74) is -0.957. The third-order valence-electron chi connectivity index (χ3n) is 5.11. The highest BCUT2D eigenvalue weighted by atomic mass is 19.4. The molecule has 0 saturated carbocycles. The van der Waals surface area contributed by atoms with E-state index in [4.69, 9.17) is 0 Å². The highest BCUT2D eigenvalue weighted by Crippen LogP contribution is 2.30. The van der Waals surface area contributed by atoms with E-state index in [9.17, 15) is 18.0 Å². The Labute approximate surface area is 139 Å². The maximum atomic E-state index is 12.6. The Kier molecular flexibility index (Phi) is 4.85. The largest absolute Gasteiger partial charge is 0.435 e. The lowest BCUT2D eigenvalue weighted by Gasteiger charge is -2.34. The highest BCUT2D eigenvalue weighted by molar-refractivity contribution is 5.76. The average molecular weight is 344 g/mol. The summed E-state index contributed by atoms with van der Waals surface area (Å²) >= 11 is 0. The van der Waals surface area contributed by atoms with Crippen molar-refractivity contribution < 1.29 is 18.0 Å². The number of halogens is 3. The van der Waals surface area contributed by atoms with Crippen molar-refractivity contribution in [2.24, 2.45) is 0 Å². The molecule has 8 heteroatoms. The predicted octanol–water partition coefficient (Wildman–Crippen LogP) is 2.38. The van der Waals surface area contributed by atoms with Crippen LogP contribution in [0, 0.1) is 0 Å². The zero-order chi connectivity index (χ0) is 17.3. The molecule has 24 heavy (non-hydrogen) atoms. The minimum absolute atomic E-state index is 0.134. The predicted molar refractivity (Wildman–Crippen MR) is 82.2 cm³/mol. The van der Waals surface area contributed by atoms with Gasteiger partial charge in [0, 0.05) is 24.8 Å². The number of likely N-dealkylation sites (N-methyl/N-ethyl adjacent to an activating group) is 1. The van der Waals surface area contributed by atoms with Crippen molar-refractivity contribution in [1.82, 2.24) is 19.6 Å². The topological polar surface area (TPSA) is 41.4 Å². The zero-order valence-electron chi connectivity index (χ0n) is 13.8. The fraction of sp³-hybridized carbons (Fsp3) is 0.750. The van der Waals surface area contributed by atoms with Crippen molar-refractivity contribution in [1.29, 1.82) is 0 Å². The maximum Gasteiger partial charge on any atom is 0.435 e. The van der Waals surface area contributed by atoms with Gasteiger partial charge in [-0.25, -0.2) is 0 Å². The summed E-state index contributed by atoms with van der Waals surface area (Å²) in [7, 11) is 0. The van der Waals surface area contributed by atoms with Gasteiger partial charge in [-0.2, -0.15) is 18.3 Å². The van der Waals surface area contributed by atoms with E-state index in [2.05, 4.69) is 16.9 Å². The van der Waals surface area contributed by atoms with Gasteiger partial charge in [-0.3, -0.25) is 14.4 Å². The summed E-state index contributed by atoms with van der Waals surface area (Å²) in [6, 6.07) is 1.47. The highest BCUT2D eigenvalue weighted by Gasteiger charge is 2.39. The molecule has 2 fully saturated rings. The summed E-state index contributed by atoms with van der Waals surface area (Å²) < 4.78 is 38.9. The van der Waals surface area contributed by atoms with Crippen LogP contribution < -0.4 is 0 Å². The van der Waals surface area contributed by atoms with Gasteiger partial charge in [-0.1, -0.05) is 6.92 Å². The normalized spacial score (nSPS) is 25.6. The van der Waals surface area contributed by atoms with Gasteiger partial charge in [-0.05, 0) is 44.8 Å². The molecular formula is C16H23F3N4O. The molecule has 5 nitrogen and oxygen atoms in total. The summed E-state index contributed by atoms with van der Waals surface area (Å²) in [4.78, 5) is 16.9. The first-order valence-corrected chi connectivity index (χ1v) is 8.54. The second-order valence-electron chi connectivity index (χ2n) is 6.53. The van der Waals surface area contributed by atoms with E-state index in [1.807, 2.05) is 4.90 Å². The van der Waals surface area contributed by atoms with E-state index in [0.717, 1.165) is 49.5 Å². The lowest BCUT2D eigenvalue weighted by Crippen LogP contribution is -2.49. The number of alkyl halides is 3. The van der Waals surface area contributed by atoms with Gasteiger partial charge < -0.3 is 4.90 Å². The first kappa shape index (κ1) is 17.3. The van der Waals surface area contributed by atoms with Gasteiger partial charge >= 0.3 is 6.18 Å². The first-order valence-electron chi connectivity index (χ1n) is 8.54. The molecule has 134 valence electrons. The Morgan fingerprint density at radius 3 is 2.62 bits per heavy atom. The molecule has 0 N–H and O–H groups in total. The summed E-state index contributed by atoms with van der Waals surface area (Å²) in [5, 5.41) is 3.48. The maximum absolute atomic E-state index is 12.6. The SMILES string of the molecule is CCN1CCC[C@@H]1[C@H]1CCCN1C(=O)Cn1ccc(C(F)(F)F)n1. The second-order valence-corrected chi connectivity index (χ2v) is 6.53. The second kappa shape index (κ2) is 6.74. The molecular weight excluding hydrogens is 321 g/mol. The van der Waals surface area contributed by atoms with Crippen LogP contribution in [0.25, 0.3) is 0 Å². The number of rotatable bonds is 4. The Bertz CT molecular complexity index is 586. The summed E-state index contributed by atoms with van der Waals surface area (Å²) in [6.07, 6.45) is 0.903. The number of hydrogen-bond donors (Lipinski definition) is 0. The van der Waals surface area contributed by atoms with Crippen LogP contribution in [0.4, 0.5) is 13.2 Å². The third kappa shape index (κ3) is 3.43. The summed E-state index contributed by atoms with van der Waals surface area (Å²) in [5.74, 6) is -0.141. The van der Waals surface area contributed by atoms with Crippen molar-refractivity contribution in [2.45, 2.75) is 57.4 Å². The molecule has 2 saturated heterocycles. The number of likely N-dealkylation sites (tertiary alicyclic amines) is 2. The lowest BCUT2D eigenvalue weighted by molar-refractivity contribution is -0.142. The van der Waals surface area contributed by atoms with E-state index >= 15 is 0 Å². The van der Waals surface area contributed by atoms with E-state index < -0.39 is 11.9 Å². The number of amides is 1. The smallest absolute Gasteiger partial charge is 0.337 e. The molecule has 2 atom stereocenters. The molecule has 1 amide bonds. The number of carbonyl (C=O) groups excluding carboxylic acids is 1. The van der Waals surface area contributed by atoms with Crippen LogP contribution in [0.1, 0.15) is 38.3 Å². The van der Waals surface area contributed by atoms with Crippen LogP contribution in [0.15, 0.2) is 12.3 Å². The summed E-state index contributed by atoms with van der Waals surface area (Å²) in [6.45, 7) is 4.71. The molecule has 0 radical (unpaired) electrons. The van der Waals surface area contributed by atoms with E-state index in [-0.39, 0.29) is 18.5 Å². The molecule has 2 aliphatic heterocycles. The molecule has 3 heterocycles. The number of nitrogens with zero attached hydrogens (tertiary/aromatic N) is 4. The molecule has 0 spiro atoms. The van der Waals surface area contributed by atoms with Gasteiger partial charge in [0.2, 0.25) is 5.91 Å². The molecule has 1 aromatic rings. The van der Waals surface area contributed by atoms with Gasteiger partial charge in [0.25, 0.3) is 0 Å².